The van der Waals surface area contributed by atoms with Gasteiger partial charge in [0.25, 0.3) is 5.69 Å². The number of non-ortho nitro benzene ring substituents is 1. The lowest BCUT2D eigenvalue weighted by Gasteiger charge is -2.08. The van der Waals surface area contributed by atoms with E-state index in [1.165, 1.54) is 12.1 Å². The van der Waals surface area contributed by atoms with Crippen LogP contribution < -0.4 is 4.74 Å². The van der Waals surface area contributed by atoms with Gasteiger partial charge in [0.1, 0.15) is 5.75 Å². The first-order chi connectivity index (χ1) is 12.6. The highest BCUT2D eigenvalue weighted by Crippen LogP contribution is 2.32. The smallest absolute Gasteiger partial charge is 0.269 e. The minimum atomic E-state index is -0.471. The first-order valence-electron chi connectivity index (χ1n) is 7.76. The fourth-order valence-electron chi connectivity index (χ4n) is 2.57. The molecule has 130 valence electrons. The second kappa shape index (κ2) is 7.76. The average Bonchev–Trinajstić information content (AvgIpc) is 3.21. The number of carbonyl (C=O) groups excluding carboxylic acids is 1. The number of thiophene rings is 1. The van der Waals surface area contributed by atoms with Gasteiger partial charge in [0.15, 0.2) is 6.29 Å². The minimum Gasteiger partial charge on any atom is -0.496 e. The van der Waals surface area contributed by atoms with Crippen LogP contribution in [-0.2, 0) is 4.79 Å². The van der Waals surface area contributed by atoms with E-state index in [2.05, 4.69) is 0 Å². The summed E-state index contributed by atoms with van der Waals surface area (Å²) < 4.78 is 5.40. The summed E-state index contributed by atoms with van der Waals surface area (Å²) in [5, 5.41) is 12.8. The molecule has 5 nitrogen and oxygen atoms in total. The Morgan fingerprint density at radius 1 is 1.15 bits per heavy atom. The number of benzene rings is 2. The van der Waals surface area contributed by atoms with Gasteiger partial charge in [0.2, 0.25) is 0 Å². The molecule has 0 radical (unpaired) electrons. The summed E-state index contributed by atoms with van der Waals surface area (Å²) in [4.78, 5) is 23.0. The monoisotopic (exact) mass is 365 g/mol. The lowest BCUT2D eigenvalue weighted by atomic mass is 10.0. The molecule has 2 aromatic carbocycles. The number of ether oxygens (including phenoxy) is 1. The maximum atomic E-state index is 11.6. The summed E-state index contributed by atoms with van der Waals surface area (Å²) >= 11 is 1.63. The first kappa shape index (κ1) is 17.6. The first-order valence-corrected chi connectivity index (χ1v) is 8.64. The average molecular weight is 365 g/mol. The molecule has 0 fully saturated rings. The lowest BCUT2D eigenvalue weighted by molar-refractivity contribution is -0.384. The molecule has 0 atom stereocenters. The molecule has 0 unspecified atom stereocenters. The quantitative estimate of drug-likeness (QED) is 0.201. The van der Waals surface area contributed by atoms with Crippen LogP contribution in [0.1, 0.15) is 11.1 Å². The van der Waals surface area contributed by atoms with E-state index in [1.54, 1.807) is 36.7 Å². The molecule has 26 heavy (non-hydrogen) atoms. The minimum absolute atomic E-state index is 0.0173. The van der Waals surface area contributed by atoms with Crippen molar-refractivity contribution in [3.05, 3.63) is 81.2 Å². The van der Waals surface area contributed by atoms with Gasteiger partial charge in [-0.05, 0) is 59.0 Å². The SMILES string of the molecule is COc1ccc(-c2cccs2)cc1C=C(C=O)c1ccc([N+](=O)[O-])cc1. The Bertz CT molecular complexity index is 960. The van der Waals surface area contributed by atoms with Crippen LogP contribution in [0.4, 0.5) is 5.69 Å². The number of methoxy groups -OCH3 is 1. The highest BCUT2D eigenvalue weighted by atomic mass is 32.1. The zero-order valence-corrected chi connectivity index (χ0v) is 14.7. The molecule has 0 bridgehead atoms. The Hall–Kier alpha value is -3.25. The maximum Gasteiger partial charge on any atom is 0.269 e. The summed E-state index contributed by atoms with van der Waals surface area (Å²) in [7, 11) is 1.57. The van der Waals surface area contributed by atoms with Crippen LogP contribution in [0.2, 0.25) is 0 Å². The summed E-state index contributed by atoms with van der Waals surface area (Å²) in [6.45, 7) is 0. The summed E-state index contributed by atoms with van der Waals surface area (Å²) in [5.74, 6) is 0.645. The van der Waals surface area contributed by atoms with Gasteiger partial charge in [-0.1, -0.05) is 6.07 Å². The van der Waals surface area contributed by atoms with Crippen molar-refractivity contribution in [1.29, 1.82) is 0 Å². The topological polar surface area (TPSA) is 69.4 Å². The van der Waals surface area contributed by atoms with E-state index in [0.717, 1.165) is 22.3 Å². The second-order valence-electron chi connectivity index (χ2n) is 5.46. The molecular formula is C20H15NO4S. The summed E-state index contributed by atoms with van der Waals surface area (Å²) in [6, 6.07) is 15.7. The third-order valence-corrected chi connectivity index (χ3v) is 4.80. The van der Waals surface area contributed by atoms with Crippen LogP contribution in [-0.4, -0.2) is 18.3 Å². The number of nitro benzene ring substituents is 1. The third-order valence-electron chi connectivity index (χ3n) is 3.88. The number of nitrogens with zero attached hydrogens (tertiary/aromatic N) is 1. The van der Waals surface area contributed by atoms with Gasteiger partial charge in [-0.25, -0.2) is 0 Å². The Morgan fingerprint density at radius 2 is 1.92 bits per heavy atom. The van der Waals surface area contributed by atoms with Gasteiger partial charge in [-0.15, -0.1) is 11.3 Å². The van der Waals surface area contributed by atoms with Crippen LogP contribution in [0, 0.1) is 10.1 Å². The van der Waals surface area contributed by atoms with E-state index in [4.69, 9.17) is 4.74 Å². The van der Waals surface area contributed by atoms with Crippen molar-refractivity contribution in [3.63, 3.8) is 0 Å². The number of nitro groups is 1. The third kappa shape index (κ3) is 3.70. The van der Waals surface area contributed by atoms with Gasteiger partial charge in [-0.3, -0.25) is 14.9 Å². The highest BCUT2D eigenvalue weighted by molar-refractivity contribution is 7.13. The fraction of sp³-hybridized carbons (Fsp3) is 0.0500. The molecule has 0 aliphatic rings. The van der Waals surface area contributed by atoms with E-state index in [0.29, 0.717) is 16.9 Å². The molecule has 0 spiro atoms. The lowest BCUT2D eigenvalue weighted by Crippen LogP contribution is -1.92. The molecule has 0 saturated heterocycles. The van der Waals surface area contributed by atoms with Gasteiger partial charge in [0.05, 0.1) is 12.0 Å². The van der Waals surface area contributed by atoms with Gasteiger partial charge in [-0.2, -0.15) is 0 Å². The standard InChI is InChI=1S/C20H15NO4S/c1-25-19-9-6-15(20-3-2-10-26-20)11-16(19)12-17(13-22)14-4-7-18(8-5-14)21(23)24/h2-13H,1H3. The number of carbonyl (C=O) groups is 1. The molecule has 0 amide bonds. The number of rotatable bonds is 6. The molecule has 1 aromatic heterocycles. The molecule has 0 aliphatic carbocycles. The van der Waals surface area contributed by atoms with Gasteiger partial charge >= 0.3 is 0 Å². The van der Waals surface area contributed by atoms with Crippen LogP contribution in [0.15, 0.2) is 60.0 Å². The van der Waals surface area contributed by atoms with E-state index >= 15 is 0 Å². The largest absolute Gasteiger partial charge is 0.496 e. The molecule has 0 N–H and O–H groups in total. The number of hydrogen-bond acceptors (Lipinski definition) is 5. The predicted molar refractivity (Wildman–Crippen MR) is 103 cm³/mol. The molecule has 3 aromatic rings. The maximum absolute atomic E-state index is 11.6. The van der Waals surface area contributed by atoms with E-state index in [-0.39, 0.29) is 5.69 Å². The van der Waals surface area contributed by atoms with Crippen molar-refractivity contribution in [2.24, 2.45) is 0 Å². The van der Waals surface area contributed by atoms with Crippen molar-refractivity contribution in [2.75, 3.05) is 7.11 Å². The normalized spacial score (nSPS) is 11.2. The van der Waals surface area contributed by atoms with Crippen LogP contribution in [0.25, 0.3) is 22.1 Å². The van der Waals surface area contributed by atoms with Gasteiger partial charge in [0, 0.05) is 28.1 Å². The molecule has 0 aliphatic heterocycles. The molecule has 0 saturated carbocycles. The fourth-order valence-corrected chi connectivity index (χ4v) is 3.30. The van der Waals surface area contributed by atoms with Crippen molar-refractivity contribution in [1.82, 2.24) is 0 Å². The van der Waals surface area contributed by atoms with Crippen LogP contribution >= 0.6 is 11.3 Å². The number of aldehydes is 1. The Labute approximate surface area is 154 Å². The highest BCUT2D eigenvalue weighted by Gasteiger charge is 2.10. The Balaban J connectivity index is 2.04. The Morgan fingerprint density at radius 3 is 2.50 bits per heavy atom. The zero-order valence-electron chi connectivity index (χ0n) is 13.9. The van der Waals surface area contributed by atoms with Crippen molar-refractivity contribution in [3.8, 4) is 16.2 Å². The van der Waals surface area contributed by atoms with E-state index in [1.807, 2.05) is 35.7 Å². The van der Waals surface area contributed by atoms with Crippen molar-refractivity contribution in [2.45, 2.75) is 0 Å². The summed E-state index contributed by atoms with van der Waals surface area (Å²) in [5.41, 5.74) is 2.80. The van der Waals surface area contributed by atoms with Crippen molar-refractivity contribution < 1.29 is 14.5 Å². The van der Waals surface area contributed by atoms with Gasteiger partial charge < -0.3 is 4.74 Å². The summed E-state index contributed by atoms with van der Waals surface area (Å²) in [6.07, 6.45) is 2.46. The number of allylic oxidation sites excluding steroid dienone is 1. The van der Waals surface area contributed by atoms with Crippen molar-refractivity contribution >= 4 is 35.0 Å². The van der Waals surface area contributed by atoms with E-state index in [9.17, 15) is 14.9 Å². The second-order valence-corrected chi connectivity index (χ2v) is 6.40. The molecular weight excluding hydrogens is 350 g/mol. The molecule has 3 rings (SSSR count). The Kier molecular flexibility index (Phi) is 5.24. The number of hydrogen-bond donors (Lipinski definition) is 0. The zero-order chi connectivity index (χ0) is 18.5. The molecule has 1 heterocycles. The van der Waals surface area contributed by atoms with E-state index < -0.39 is 4.92 Å². The predicted octanol–water partition coefficient (Wildman–Crippen LogP) is 5.07. The molecule has 6 heteroatoms. The van der Waals surface area contributed by atoms with Crippen LogP contribution in [0.5, 0.6) is 5.75 Å². The van der Waals surface area contributed by atoms with Crippen LogP contribution in [0.3, 0.4) is 0 Å².